The molecule has 0 saturated carbocycles. The van der Waals surface area contributed by atoms with Gasteiger partial charge in [0.15, 0.2) is 5.82 Å². The van der Waals surface area contributed by atoms with Gasteiger partial charge in [-0.3, -0.25) is 4.98 Å². The summed E-state index contributed by atoms with van der Waals surface area (Å²) in [5.74, 6) is 1.26. The molecule has 3 aromatic heterocycles. The van der Waals surface area contributed by atoms with Crippen LogP contribution in [0.3, 0.4) is 0 Å². The predicted octanol–water partition coefficient (Wildman–Crippen LogP) is 4.61. The van der Waals surface area contributed by atoms with E-state index in [0.29, 0.717) is 23.2 Å². The molecule has 0 N–H and O–H groups in total. The first kappa shape index (κ1) is 20.7. The molecule has 1 aromatic carbocycles. The van der Waals surface area contributed by atoms with Crippen molar-refractivity contribution in [1.82, 2.24) is 24.4 Å². The van der Waals surface area contributed by atoms with Crippen LogP contribution < -0.4 is 4.74 Å². The fourth-order valence-electron chi connectivity index (χ4n) is 3.86. The number of nitrogens with zero attached hydrogens (tertiary/aromatic N) is 6. The van der Waals surface area contributed by atoms with Gasteiger partial charge < -0.3 is 18.9 Å². The lowest BCUT2D eigenvalue weighted by atomic mass is 10.2. The summed E-state index contributed by atoms with van der Waals surface area (Å²) in [6, 6.07) is 9.69. The fraction of sp³-hybridized carbons (Fsp3) is 0.304. The molecule has 8 nitrogen and oxygen atoms in total. The van der Waals surface area contributed by atoms with Gasteiger partial charge >= 0.3 is 0 Å². The van der Waals surface area contributed by atoms with E-state index in [9.17, 15) is 0 Å². The molecule has 2 atom stereocenters. The number of aliphatic imine (C=N–C) groups is 1. The van der Waals surface area contributed by atoms with Crippen LogP contribution in [0.1, 0.15) is 19.1 Å². The Hall–Kier alpha value is -3.23. The lowest BCUT2D eigenvalue weighted by Gasteiger charge is -2.17. The largest absolute Gasteiger partial charge is 0.489 e. The summed E-state index contributed by atoms with van der Waals surface area (Å²) in [7, 11) is 3.84. The van der Waals surface area contributed by atoms with Gasteiger partial charge in [0, 0.05) is 31.9 Å². The smallest absolute Gasteiger partial charge is 0.166 e. The Morgan fingerprint density at radius 2 is 2.12 bits per heavy atom. The summed E-state index contributed by atoms with van der Waals surface area (Å²) in [5.41, 5.74) is 1.55. The Labute approximate surface area is 190 Å². The van der Waals surface area contributed by atoms with E-state index in [1.807, 2.05) is 60.1 Å². The Morgan fingerprint density at radius 3 is 3.00 bits per heavy atom. The highest BCUT2D eigenvalue weighted by molar-refractivity contribution is 6.36. The molecule has 4 heterocycles. The molecule has 32 heavy (non-hydrogen) atoms. The van der Waals surface area contributed by atoms with Gasteiger partial charge in [-0.15, -0.1) is 0 Å². The maximum Gasteiger partial charge on any atom is 0.166 e. The first-order valence-electron chi connectivity index (χ1n) is 10.4. The van der Waals surface area contributed by atoms with Gasteiger partial charge in [-0.05, 0) is 37.1 Å². The molecule has 1 saturated heterocycles. The van der Waals surface area contributed by atoms with Crippen LogP contribution in [0.2, 0.25) is 5.02 Å². The third kappa shape index (κ3) is 3.99. The molecular weight excluding hydrogens is 428 g/mol. The number of pyridine rings is 1. The molecule has 0 bridgehead atoms. The number of hydrogen-bond donors (Lipinski definition) is 0. The van der Waals surface area contributed by atoms with E-state index in [-0.39, 0.29) is 12.3 Å². The van der Waals surface area contributed by atoms with Crippen LogP contribution in [-0.4, -0.2) is 57.6 Å². The first-order valence-corrected chi connectivity index (χ1v) is 10.8. The van der Waals surface area contributed by atoms with E-state index >= 15 is 0 Å². The molecule has 5 rings (SSSR count). The van der Waals surface area contributed by atoms with Gasteiger partial charge in [-0.1, -0.05) is 17.7 Å². The van der Waals surface area contributed by atoms with Crippen molar-refractivity contribution >= 4 is 45.7 Å². The second kappa shape index (κ2) is 8.72. The van der Waals surface area contributed by atoms with E-state index < -0.39 is 0 Å². The summed E-state index contributed by atoms with van der Waals surface area (Å²) < 4.78 is 14.3. The van der Waals surface area contributed by atoms with Gasteiger partial charge in [-0.25, -0.2) is 15.0 Å². The van der Waals surface area contributed by atoms with Crippen molar-refractivity contribution in [3.63, 3.8) is 0 Å². The molecule has 0 radical (unpaired) electrons. The average Bonchev–Trinajstić information content (AvgIpc) is 3.44. The van der Waals surface area contributed by atoms with Crippen LogP contribution in [0.25, 0.3) is 21.9 Å². The molecular formula is C23H23ClN6O2. The Balaban J connectivity index is 1.29. The van der Waals surface area contributed by atoms with Crippen molar-refractivity contribution in [2.45, 2.75) is 25.2 Å². The molecule has 9 heteroatoms. The number of fused-ring (bicyclic) bond motifs is 2. The van der Waals surface area contributed by atoms with Crippen LogP contribution in [0.5, 0.6) is 5.75 Å². The molecule has 1 fully saturated rings. The number of halogens is 1. The molecule has 0 aliphatic carbocycles. The highest BCUT2D eigenvalue weighted by Crippen LogP contribution is 2.35. The summed E-state index contributed by atoms with van der Waals surface area (Å²) >= 11 is 6.50. The standard InChI is InChI=1S/C23H23ClN6O2/c1-29(2)14-28-22-17-9-11-30(23(17)27-13-26-22)19-8-6-16(32-19)12-31-18-7-5-15-4-3-10-25-21(15)20(18)24/h3-5,7,9-11,13-14,16,19H,6,8,12H2,1-2H3/b28-14+/t16-,19+/m0/s1. The molecule has 0 spiro atoms. The monoisotopic (exact) mass is 450 g/mol. The quantitative estimate of drug-likeness (QED) is 0.315. The number of rotatable bonds is 6. The summed E-state index contributed by atoms with van der Waals surface area (Å²) in [5, 5.41) is 2.40. The third-order valence-corrected chi connectivity index (χ3v) is 5.76. The second-order valence-corrected chi connectivity index (χ2v) is 8.30. The predicted molar refractivity (Wildman–Crippen MR) is 125 cm³/mol. The van der Waals surface area contributed by atoms with Crippen molar-refractivity contribution in [2.75, 3.05) is 20.7 Å². The SMILES string of the molecule is CN(C)/C=N/c1ncnc2c1ccn2[C@H]1CC[C@@H](COc2ccc3cccnc3c2Cl)O1. The maximum absolute atomic E-state index is 6.50. The van der Waals surface area contributed by atoms with Crippen molar-refractivity contribution < 1.29 is 9.47 Å². The van der Waals surface area contributed by atoms with Crippen molar-refractivity contribution in [1.29, 1.82) is 0 Å². The highest BCUT2D eigenvalue weighted by atomic mass is 35.5. The van der Waals surface area contributed by atoms with E-state index in [0.717, 1.165) is 34.8 Å². The topological polar surface area (TPSA) is 77.7 Å². The van der Waals surface area contributed by atoms with Crippen LogP contribution in [0, 0.1) is 0 Å². The normalized spacial score (nSPS) is 18.7. The van der Waals surface area contributed by atoms with Gasteiger partial charge in [-0.2, -0.15) is 0 Å². The maximum atomic E-state index is 6.50. The van der Waals surface area contributed by atoms with E-state index in [1.165, 1.54) is 6.33 Å². The Kier molecular flexibility index (Phi) is 5.63. The third-order valence-electron chi connectivity index (χ3n) is 5.40. The van der Waals surface area contributed by atoms with E-state index in [4.69, 9.17) is 21.1 Å². The Morgan fingerprint density at radius 1 is 1.22 bits per heavy atom. The minimum Gasteiger partial charge on any atom is -0.489 e. The van der Waals surface area contributed by atoms with Gasteiger partial charge in [0.25, 0.3) is 0 Å². The van der Waals surface area contributed by atoms with Gasteiger partial charge in [0.05, 0.1) is 23.3 Å². The van der Waals surface area contributed by atoms with Crippen LogP contribution in [0.15, 0.2) is 54.0 Å². The lowest BCUT2D eigenvalue weighted by Crippen LogP contribution is -2.18. The van der Waals surface area contributed by atoms with Crippen molar-refractivity contribution in [2.24, 2.45) is 4.99 Å². The minimum absolute atomic E-state index is 0.0407. The summed E-state index contributed by atoms with van der Waals surface area (Å²) in [6.45, 7) is 0.418. The minimum atomic E-state index is -0.115. The molecule has 0 unspecified atom stereocenters. The average molecular weight is 451 g/mol. The summed E-state index contributed by atoms with van der Waals surface area (Å²) in [6.07, 6.45) is 8.56. The molecule has 0 amide bonds. The highest BCUT2D eigenvalue weighted by Gasteiger charge is 2.28. The van der Waals surface area contributed by atoms with Crippen LogP contribution in [-0.2, 0) is 4.74 Å². The first-order chi connectivity index (χ1) is 15.6. The number of benzene rings is 1. The fourth-order valence-corrected chi connectivity index (χ4v) is 4.14. The number of aromatic nitrogens is 4. The summed E-state index contributed by atoms with van der Waals surface area (Å²) in [4.78, 5) is 19.4. The number of hydrogen-bond acceptors (Lipinski definition) is 6. The van der Waals surface area contributed by atoms with Crippen molar-refractivity contribution in [3.8, 4) is 5.75 Å². The Bertz CT molecular complexity index is 1290. The second-order valence-electron chi connectivity index (χ2n) is 7.92. The van der Waals surface area contributed by atoms with Crippen molar-refractivity contribution in [3.05, 3.63) is 54.1 Å². The van der Waals surface area contributed by atoms with Gasteiger partial charge in [0.1, 0.15) is 35.6 Å². The molecule has 1 aliphatic rings. The zero-order chi connectivity index (χ0) is 22.1. The zero-order valence-electron chi connectivity index (χ0n) is 17.8. The zero-order valence-corrected chi connectivity index (χ0v) is 18.6. The lowest BCUT2D eigenvalue weighted by molar-refractivity contribution is -0.0155. The van der Waals surface area contributed by atoms with Crippen LogP contribution in [0.4, 0.5) is 5.82 Å². The molecule has 1 aliphatic heterocycles. The van der Waals surface area contributed by atoms with E-state index in [2.05, 4.69) is 19.9 Å². The molecule has 4 aromatic rings. The molecule has 164 valence electrons. The number of ether oxygens (including phenoxy) is 2. The van der Waals surface area contributed by atoms with Gasteiger partial charge in [0.2, 0.25) is 0 Å². The van der Waals surface area contributed by atoms with Crippen LogP contribution >= 0.6 is 11.6 Å². The van der Waals surface area contributed by atoms with E-state index in [1.54, 1.807) is 12.5 Å².